The highest BCUT2D eigenvalue weighted by molar-refractivity contribution is 5.90. The third-order valence-corrected chi connectivity index (χ3v) is 6.64. The zero-order valence-electron chi connectivity index (χ0n) is 25.4. The van der Waals surface area contributed by atoms with Crippen molar-refractivity contribution < 1.29 is 4.39 Å². The van der Waals surface area contributed by atoms with Gasteiger partial charge in [-0.2, -0.15) is 0 Å². The number of halogens is 1. The average molecular weight is 581 g/mol. The minimum absolute atomic E-state index is 0.335. The summed E-state index contributed by atoms with van der Waals surface area (Å²) in [5.41, 5.74) is 14.2. The van der Waals surface area contributed by atoms with Crippen LogP contribution in [0.4, 0.5) is 10.1 Å². The molecule has 4 aromatic rings. The number of pyridine rings is 2. The van der Waals surface area contributed by atoms with Gasteiger partial charge in [0.05, 0.1) is 11.2 Å². The van der Waals surface area contributed by atoms with Gasteiger partial charge in [-0.15, -0.1) is 12.8 Å². The van der Waals surface area contributed by atoms with Crippen molar-refractivity contribution in [1.29, 1.82) is 0 Å². The summed E-state index contributed by atoms with van der Waals surface area (Å²) in [6, 6.07) is 8.83. The Balaban J connectivity index is 0.00000248. The number of anilines is 1. The number of aromatic amines is 1. The minimum atomic E-state index is -0.335. The van der Waals surface area contributed by atoms with Gasteiger partial charge in [-0.1, -0.05) is 19.6 Å². The number of fused-ring (bicyclic) bond motifs is 1. The molecule has 224 valence electrons. The standard InChI is InChI=1S/C32H39FN8.C2H2/c1-6-28(34)23(12-21(3)25-13-22(18-35-7-2)19-36-20-25)16-30-39-29-8-9-38-31(32(29)40-30)24-14-26(33)17-27(15-24)37-10-11-41(4)5;1-2/h6,8-9,12-15,17,19-20,35,37H,3,7,10-11,16,18,34H2,1-2,4-5H3,(H,39,40);1-2H/b23-12-,28-6+;. The zero-order valence-corrected chi connectivity index (χ0v) is 25.4. The lowest BCUT2D eigenvalue weighted by Crippen LogP contribution is -2.20. The SMILES string of the molecule is C#C.C=C(/C=C(Cc1nc2c(-c3cc(F)cc(NCCN(C)C)c3)nccc2[nH]1)\C(N)=C/C)c1cncc(CNCC)c1. The van der Waals surface area contributed by atoms with Gasteiger partial charge in [-0.3, -0.25) is 9.97 Å². The molecule has 0 bridgehead atoms. The Kier molecular flexibility index (Phi) is 12.2. The predicted molar refractivity (Wildman–Crippen MR) is 177 cm³/mol. The molecule has 3 aromatic heterocycles. The fourth-order valence-corrected chi connectivity index (χ4v) is 4.46. The minimum Gasteiger partial charge on any atom is -0.399 e. The molecule has 0 aliphatic carbocycles. The normalized spacial score (nSPS) is 11.8. The van der Waals surface area contributed by atoms with Crippen LogP contribution >= 0.6 is 0 Å². The summed E-state index contributed by atoms with van der Waals surface area (Å²) >= 11 is 0. The highest BCUT2D eigenvalue weighted by Crippen LogP contribution is 2.29. The first-order chi connectivity index (χ1) is 20.8. The summed E-state index contributed by atoms with van der Waals surface area (Å²) in [6.07, 6.45) is 17.7. The molecule has 1 aromatic carbocycles. The van der Waals surface area contributed by atoms with E-state index in [4.69, 9.17) is 10.7 Å². The van der Waals surface area contributed by atoms with E-state index in [9.17, 15) is 4.39 Å². The van der Waals surface area contributed by atoms with Crippen molar-refractivity contribution in [3.05, 3.63) is 102 Å². The van der Waals surface area contributed by atoms with E-state index in [0.29, 0.717) is 41.1 Å². The average Bonchev–Trinajstić information content (AvgIpc) is 3.42. The topological polar surface area (TPSA) is 108 Å². The second-order valence-corrected chi connectivity index (χ2v) is 10.2. The molecule has 0 radical (unpaired) electrons. The van der Waals surface area contributed by atoms with Crippen molar-refractivity contribution in [3.63, 3.8) is 0 Å². The van der Waals surface area contributed by atoms with Gasteiger partial charge >= 0.3 is 0 Å². The maximum absolute atomic E-state index is 14.6. The van der Waals surface area contributed by atoms with E-state index < -0.39 is 0 Å². The number of allylic oxidation sites excluding steroid dienone is 4. The van der Waals surface area contributed by atoms with Crippen LogP contribution in [-0.4, -0.2) is 58.6 Å². The number of nitrogens with two attached hydrogens (primary N) is 1. The molecule has 43 heavy (non-hydrogen) atoms. The molecule has 0 aliphatic heterocycles. The Labute approximate surface area is 254 Å². The van der Waals surface area contributed by atoms with Crippen molar-refractivity contribution >= 4 is 22.3 Å². The number of likely N-dealkylation sites (N-methyl/N-ethyl adjacent to an activating group) is 1. The van der Waals surface area contributed by atoms with Crippen LogP contribution in [0.1, 0.15) is 30.8 Å². The maximum atomic E-state index is 14.6. The molecular formula is C34H41FN8. The monoisotopic (exact) mass is 580 g/mol. The Morgan fingerprint density at radius 3 is 2.70 bits per heavy atom. The van der Waals surface area contributed by atoms with Gasteiger partial charge in [0.25, 0.3) is 0 Å². The van der Waals surface area contributed by atoms with Crippen LogP contribution in [-0.2, 0) is 13.0 Å². The van der Waals surface area contributed by atoms with Crippen LogP contribution in [0.2, 0.25) is 0 Å². The summed E-state index contributed by atoms with van der Waals surface area (Å²) < 4.78 is 14.6. The number of terminal acetylenes is 1. The van der Waals surface area contributed by atoms with Gasteiger partial charge in [0.1, 0.15) is 17.2 Å². The van der Waals surface area contributed by atoms with E-state index in [0.717, 1.165) is 53.2 Å². The van der Waals surface area contributed by atoms with Crippen LogP contribution < -0.4 is 16.4 Å². The Morgan fingerprint density at radius 1 is 1.19 bits per heavy atom. The second-order valence-electron chi connectivity index (χ2n) is 10.2. The molecule has 9 heteroatoms. The highest BCUT2D eigenvalue weighted by Gasteiger charge is 2.15. The first kappa shape index (κ1) is 32.7. The number of benzene rings is 1. The van der Waals surface area contributed by atoms with Crippen LogP contribution in [0, 0.1) is 18.7 Å². The van der Waals surface area contributed by atoms with E-state index in [1.54, 1.807) is 12.4 Å². The van der Waals surface area contributed by atoms with E-state index in [2.05, 4.69) is 62.9 Å². The predicted octanol–water partition coefficient (Wildman–Crippen LogP) is 5.54. The molecule has 0 aliphatic rings. The third kappa shape index (κ3) is 9.10. The smallest absolute Gasteiger partial charge is 0.125 e. The van der Waals surface area contributed by atoms with Gasteiger partial charge in [0, 0.05) is 61.6 Å². The largest absolute Gasteiger partial charge is 0.399 e. The number of nitrogens with one attached hydrogen (secondary N) is 3. The van der Waals surface area contributed by atoms with Crippen LogP contribution in [0.3, 0.4) is 0 Å². The van der Waals surface area contributed by atoms with E-state index in [1.165, 1.54) is 12.1 Å². The highest BCUT2D eigenvalue weighted by atomic mass is 19.1. The molecular weight excluding hydrogens is 539 g/mol. The summed E-state index contributed by atoms with van der Waals surface area (Å²) in [6.45, 7) is 11.4. The molecule has 0 spiro atoms. The Morgan fingerprint density at radius 2 is 1.98 bits per heavy atom. The third-order valence-electron chi connectivity index (χ3n) is 6.64. The molecule has 3 heterocycles. The maximum Gasteiger partial charge on any atom is 0.125 e. The van der Waals surface area contributed by atoms with Crippen molar-refractivity contribution in [2.75, 3.05) is 39.0 Å². The number of nitrogens with zero attached hydrogens (tertiary/aromatic N) is 4. The fourth-order valence-electron chi connectivity index (χ4n) is 4.46. The molecule has 0 saturated heterocycles. The van der Waals surface area contributed by atoms with Crippen LogP contribution in [0.25, 0.3) is 27.9 Å². The number of aromatic nitrogens is 4. The molecule has 5 N–H and O–H groups in total. The first-order valence-corrected chi connectivity index (χ1v) is 14.1. The molecule has 0 fully saturated rings. The van der Waals surface area contributed by atoms with Crippen molar-refractivity contribution in [3.8, 4) is 24.1 Å². The number of imidazole rings is 1. The number of hydrogen-bond donors (Lipinski definition) is 4. The van der Waals surface area contributed by atoms with Crippen LogP contribution in [0.15, 0.2) is 78.9 Å². The van der Waals surface area contributed by atoms with Gasteiger partial charge < -0.3 is 26.3 Å². The van der Waals surface area contributed by atoms with E-state index in [1.807, 2.05) is 51.5 Å². The quantitative estimate of drug-likeness (QED) is 0.122. The molecule has 0 amide bonds. The van der Waals surface area contributed by atoms with Gasteiger partial charge in [-0.25, -0.2) is 9.37 Å². The van der Waals surface area contributed by atoms with Crippen molar-refractivity contribution in [2.45, 2.75) is 26.8 Å². The van der Waals surface area contributed by atoms with Crippen molar-refractivity contribution in [1.82, 2.24) is 30.2 Å². The van der Waals surface area contributed by atoms with Gasteiger partial charge in [-0.05, 0) is 86.2 Å². The lowest BCUT2D eigenvalue weighted by molar-refractivity contribution is 0.425. The second kappa shape index (κ2) is 16.0. The molecule has 8 nitrogen and oxygen atoms in total. The van der Waals surface area contributed by atoms with Crippen LogP contribution in [0.5, 0.6) is 0 Å². The lowest BCUT2D eigenvalue weighted by Gasteiger charge is -2.12. The zero-order chi connectivity index (χ0) is 31.4. The summed E-state index contributed by atoms with van der Waals surface area (Å²) in [5, 5.41) is 6.61. The Bertz CT molecular complexity index is 1610. The summed E-state index contributed by atoms with van der Waals surface area (Å²) in [5.74, 6) is 0.385. The fraction of sp³-hybridized carbons (Fsp3) is 0.265. The number of hydrogen-bond acceptors (Lipinski definition) is 7. The lowest BCUT2D eigenvalue weighted by atomic mass is 10.0. The van der Waals surface area contributed by atoms with Gasteiger partial charge in [0.15, 0.2) is 0 Å². The molecule has 0 saturated carbocycles. The van der Waals surface area contributed by atoms with Crippen molar-refractivity contribution in [2.24, 2.45) is 5.73 Å². The van der Waals surface area contributed by atoms with E-state index >= 15 is 0 Å². The molecule has 0 unspecified atom stereocenters. The van der Waals surface area contributed by atoms with Gasteiger partial charge in [0.2, 0.25) is 0 Å². The molecule has 0 atom stereocenters. The number of rotatable bonds is 13. The summed E-state index contributed by atoms with van der Waals surface area (Å²) in [4.78, 5) is 19.3. The van der Waals surface area contributed by atoms with E-state index in [-0.39, 0.29) is 5.82 Å². The Hall–Kier alpha value is -4.78. The summed E-state index contributed by atoms with van der Waals surface area (Å²) in [7, 11) is 4.00. The first-order valence-electron chi connectivity index (χ1n) is 14.1. The molecule has 4 rings (SSSR count). The number of H-pyrrole nitrogens is 1.